The zero-order chi connectivity index (χ0) is 18.7. The van der Waals surface area contributed by atoms with Gasteiger partial charge in [0.25, 0.3) is 5.91 Å². The molecular weight excluding hydrogens is 354 g/mol. The van der Waals surface area contributed by atoms with Crippen LogP contribution in [0.25, 0.3) is 0 Å². The molecule has 1 aliphatic heterocycles. The maximum atomic E-state index is 13.0. The Morgan fingerprint density at radius 1 is 1.15 bits per heavy atom. The number of carbonyl (C=O) groups is 2. The summed E-state index contributed by atoms with van der Waals surface area (Å²) in [5, 5.41) is 0.431. The van der Waals surface area contributed by atoms with E-state index in [2.05, 4.69) is 0 Å². The van der Waals surface area contributed by atoms with Crippen molar-refractivity contribution in [3.05, 3.63) is 64.7 Å². The van der Waals surface area contributed by atoms with Crippen LogP contribution in [0.4, 0.5) is 0 Å². The van der Waals surface area contributed by atoms with Gasteiger partial charge in [0, 0.05) is 6.54 Å². The number of fused-ring (bicyclic) bond motifs is 1. The molecule has 0 fully saturated rings. The van der Waals surface area contributed by atoms with Gasteiger partial charge in [0.2, 0.25) is 0 Å². The Morgan fingerprint density at radius 3 is 2.58 bits per heavy atom. The van der Waals surface area contributed by atoms with E-state index in [9.17, 15) is 9.59 Å². The molecule has 0 radical (unpaired) electrons. The normalized spacial score (nSPS) is 17.2. The highest BCUT2D eigenvalue weighted by Crippen LogP contribution is 2.32. The number of benzene rings is 2. The van der Waals surface area contributed by atoms with Crippen molar-refractivity contribution in [2.45, 2.75) is 25.5 Å². The van der Waals surface area contributed by atoms with Gasteiger partial charge < -0.3 is 14.4 Å². The highest BCUT2D eigenvalue weighted by molar-refractivity contribution is 6.32. The fourth-order valence-corrected chi connectivity index (χ4v) is 3.36. The highest BCUT2D eigenvalue weighted by atomic mass is 35.5. The molecule has 0 spiro atoms. The second-order valence-corrected chi connectivity index (χ2v) is 6.50. The molecule has 26 heavy (non-hydrogen) atoms. The van der Waals surface area contributed by atoms with E-state index in [-0.39, 0.29) is 5.91 Å². The van der Waals surface area contributed by atoms with Gasteiger partial charge in [-0.2, -0.15) is 0 Å². The number of hydrogen-bond acceptors (Lipinski definition) is 4. The molecule has 6 heteroatoms. The molecule has 0 saturated heterocycles. The Hall–Kier alpha value is -2.53. The van der Waals surface area contributed by atoms with Gasteiger partial charge in [-0.15, -0.1) is 0 Å². The van der Waals surface area contributed by atoms with Crippen LogP contribution in [0.3, 0.4) is 0 Å². The summed E-state index contributed by atoms with van der Waals surface area (Å²) in [6, 6.07) is 13.8. The van der Waals surface area contributed by atoms with Gasteiger partial charge in [-0.05, 0) is 36.6 Å². The van der Waals surface area contributed by atoms with Crippen molar-refractivity contribution < 1.29 is 19.1 Å². The number of rotatable bonds is 4. The van der Waals surface area contributed by atoms with Crippen LogP contribution >= 0.6 is 11.6 Å². The molecule has 0 N–H and O–H groups in total. The average Bonchev–Trinajstić information content (AvgIpc) is 2.67. The zero-order valence-electron chi connectivity index (χ0n) is 14.6. The van der Waals surface area contributed by atoms with Crippen molar-refractivity contribution >= 4 is 23.5 Å². The molecule has 0 aliphatic carbocycles. The summed E-state index contributed by atoms with van der Waals surface area (Å²) >= 11 is 6.10. The molecule has 0 saturated carbocycles. The Kier molecular flexibility index (Phi) is 5.47. The fourth-order valence-electron chi connectivity index (χ4n) is 3.18. The van der Waals surface area contributed by atoms with Crippen LogP contribution < -0.4 is 4.74 Å². The lowest BCUT2D eigenvalue weighted by atomic mass is 9.92. The zero-order valence-corrected chi connectivity index (χ0v) is 15.4. The first-order chi connectivity index (χ1) is 12.5. The summed E-state index contributed by atoms with van der Waals surface area (Å²) in [4.78, 5) is 26.9. The number of amides is 1. The second-order valence-electron chi connectivity index (χ2n) is 6.10. The largest absolute Gasteiger partial charge is 0.479 e. The van der Waals surface area contributed by atoms with Gasteiger partial charge in [-0.1, -0.05) is 48.0 Å². The third-order valence-electron chi connectivity index (χ3n) is 4.48. The predicted octanol–water partition coefficient (Wildman–Crippen LogP) is 3.41. The first-order valence-electron chi connectivity index (χ1n) is 8.40. The molecule has 136 valence electrons. The van der Waals surface area contributed by atoms with E-state index in [1.165, 1.54) is 12.0 Å². The van der Waals surface area contributed by atoms with Gasteiger partial charge in [0.1, 0.15) is 5.75 Å². The van der Waals surface area contributed by atoms with Crippen LogP contribution in [0.2, 0.25) is 5.02 Å². The van der Waals surface area contributed by atoms with Crippen LogP contribution in [-0.2, 0) is 20.7 Å². The van der Waals surface area contributed by atoms with Crippen LogP contribution in [0.15, 0.2) is 48.5 Å². The minimum absolute atomic E-state index is 0.283. The summed E-state index contributed by atoms with van der Waals surface area (Å²) in [5.74, 6) is -0.313. The molecule has 2 aromatic rings. The number of carbonyl (C=O) groups excluding carboxylic acids is 2. The van der Waals surface area contributed by atoms with E-state index in [4.69, 9.17) is 21.1 Å². The van der Waals surface area contributed by atoms with Gasteiger partial charge >= 0.3 is 5.97 Å². The van der Waals surface area contributed by atoms with Crippen LogP contribution in [0.1, 0.15) is 24.1 Å². The monoisotopic (exact) mass is 373 g/mol. The van der Waals surface area contributed by atoms with E-state index < -0.39 is 18.1 Å². The molecule has 5 nitrogen and oxygen atoms in total. The van der Waals surface area contributed by atoms with E-state index in [1.807, 2.05) is 24.3 Å². The van der Waals surface area contributed by atoms with Crippen molar-refractivity contribution in [2.75, 3.05) is 13.7 Å². The molecule has 1 heterocycles. The molecule has 0 aromatic heterocycles. The predicted molar refractivity (Wildman–Crippen MR) is 98.2 cm³/mol. The van der Waals surface area contributed by atoms with E-state index >= 15 is 0 Å². The van der Waals surface area contributed by atoms with Crippen molar-refractivity contribution in [3.63, 3.8) is 0 Å². The molecule has 3 rings (SSSR count). The summed E-state index contributed by atoms with van der Waals surface area (Å²) in [5.41, 5.74) is 1.84. The quantitative estimate of drug-likeness (QED) is 0.771. The molecular formula is C20H20ClNO4. The standard InChI is InChI=1S/C20H20ClNO4/c1-13(26-17-10-6-5-9-16(17)21)19(23)22-12-11-14-7-3-4-8-15(14)18(22)20(24)25-2/h3-10,13,18H,11-12H2,1-2H3/t13-,18-/m1/s1. The molecule has 0 unspecified atom stereocenters. The van der Waals surface area contributed by atoms with Crippen molar-refractivity contribution in [3.8, 4) is 5.75 Å². The first-order valence-corrected chi connectivity index (χ1v) is 8.78. The first kappa shape index (κ1) is 18.3. The average molecular weight is 374 g/mol. The smallest absolute Gasteiger partial charge is 0.333 e. The van der Waals surface area contributed by atoms with E-state index in [0.717, 1.165) is 11.1 Å². The third-order valence-corrected chi connectivity index (χ3v) is 4.79. The third kappa shape index (κ3) is 3.53. The SMILES string of the molecule is COC(=O)[C@H]1c2ccccc2CCN1C(=O)[C@@H](C)Oc1ccccc1Cl. The number of hydrogen-bond donors (Lipinski definition) is 0. The number of halogens is 1. The van der Waals surface area contributed by atoms with Gasteiger partial charge in [0.15, 0.2) is 12.1 Å². The topological polar surface area (TPSA) is 55.8 Å². The number of ether oxygens (including phenoxy) is 2. The maximum Gasteiger partial charge on any atom is 0.333 e. The van der Waals surface area contributed by atoms with Crippen LogP contribution in [0, 0.1) is 0 Å². The fraction of sp³-hybridized carbons (Fsp3) is 0.300. The van der Waals surface area contributed by atoms with Crippen LogP contribution in [-0.4, -0.2) is 36.5 Å². The number of nitrogens with zero attached hydrogens (tertiary/aromatic N) is 1. The summed E-state index contributed by atoms with van der Waals surface area (Å²) < 4.78 is 10.7. The Morgan fingerprint density at radius 2 is 1.85 bits per heavy atom. The maximum absolute atomic E-state index is 13.0. The van der Waals surface area contributed by atoms with Gasteiger partial charge in [0.05, 0.1) is 12.1 Å². The number of methoxy groups -OCH3 is 1. The summed E-state index contributed by atoms with van der Waals surface area (Å²) in [6.07, 6.45) is -0.110. The molecule has 2 aromatic carbocycles. The lowest BCUT2D eigenvalue weighted by Crippen LogP contribution is -2.48. The Bertz CT molecular complexity index is 823. The number of esters is 1. The summed E-state index contributed by atoms with van der Waals surface area (Å²) in [7, 11) is 1.33. The number of para-hydroxylation sites is 1. The van der Waals surface area contributed by atoms with Gasteiger partial charge in [-0.3, -0.25) is 4.79 Å². The molecule has 1 aliphatic rings. The lowest BCUT2D eigenvalue weighted by molar-refractivity contribution is -0.156. The lowest BCUT2D eigenvalue weighted by Gasteiger charge is -2.36. The second kappa shape index (κ2) is 7.79. The highest BCUT2D eigenvalue weighted by Gasteiger charge is 2.38. The Balaban J connectivity index is 1.85. The molecule has 1 amide bonds. The van der Waals surface area contributed by atoms with Crippen molar-refractivity contribution in [1.82, 2.24) is 4.90 Å². The summed E-state index contributed by atoms with van der Waals surface area (Å²) in [6.45, 7) is 2.08. The minimum atomic E-state index is -0.785. The van der Waals surface area contributed by atoms with Crippen molar-refractivity contribution in [1.29, 1.82) is 0 Å². The molecule has 2 atom stereocenters. The minimum Gasteiger partial charge on any atom is -0.479 e. The van der Waals surface area contributed by atoms with Crippen molar-refractivity contribution in [2.24, 2.45) is 0 Å². The Labute approximate surface area is 157 Å². The van der Waals surface area contributed by atoms with Gasteiger partial charge in [-0.25, -0.2) is 4.79 Å². The van der Waals surface area contributed by atoms with E-state index in [0.29, 0.717) is 23.7 Å². The van der Waals surface area contributed by atoms with E-state index in [1.54, 1.807) is 31.2 Å². The van der Waals surface area contributed by atoms with Crippen LogP contribution in [0.5, 0.6) is 5.75 Å². The molecule has 0 bridgehead atoms.